The standard InChI is InChI=1S/C29H32ClN3O3/c30-24-12-10-11-23(19-24)20-31-28(34)21-33(22-29(35)32-17-8-1-2-9-18-32)26-15-6-7-16-27(26)36-25-13-4-3-5-14-25/h3-7,10-16,19H,1-2,8-9,17-18,20-22H2,(H,31,34). The molecule has 6 nitrogen and oxygen atoms in total. The van der Waals surface area contributed by atoms with E-state index in [2.05, 4.69) is 5.32 Å². The number of para-hydroxylation sites is 3. The summed E-state index contributed by atoms with van der Waals surface area (Å²) in [5.74, 6) is 1.12. The number of rotatable bonds is 9. The molecule has 0 radical (unpaired) electrons. The molecule has 3 aromatic carbocycles. The van der Waals surface area contributed by atoms with E-state index in [4.69, 9.17) is 16.3 Å². The number of nitrogens with zero attached hydrogens (tertiary/aromatic N) is 2. The van der Waals surface area contributed by atoms with Crippen molar-refractivity contribution in [1.82, 2.24) is 10.2 Å². The molecule has 0 aliphatic carbocycles. The maximum atomic E-state index is 13.3. The predicted octanol–water partition coefficient (Wildman–Crippen LogP) is 5.66. The largest absolute Gasteiger partial charge is 0.455 e. The van der Waals surface area contributed by atoms with Crippen LogP contribution in [0.3, 0.4) is 0 Å². The fourth-order valence-corrected chi connectivity index (χ4v) is 4.52. The molecule has 1 N–H and O–H groups in total. The molecule has 0 bridgehead atoms. The second kappa shape index (κ2) is 13.0. The summed E-state index contributed by atoms with van der Waals surface area (Å²) in [6.45, 7) is 2.00. The highest BCUT2D eigenvalue weighted by atomic mass is 35.5. The van der Waals surface area contributed by atoms with Crippen LogP contribution < -0.4 is 15.0 Å². The average Bonchev–Trinajstić information content (AvgIpc) is 3.18. The van der Waals surface area contributed by atoms with Crippen molar-refractivity contribution < 1.29 is 14.3 Å². The van der Waals surface area contributed by atoms with Crippen molar-refractivity contribution in [2.24, 2.45) is 0 Å². The van der Waals surface area contributed by atoms with E-state index in [1.165, 1.54) is 0 Å². The summed E-state index contributed by atoms with van der Waals surface area (Å²) >= 11 is 6.07. The molecule has 2 amide bonds. The van der Waals surface area contributed by atoms with Crippen LogP contribution in [0.2, 0.25) is 5.02 Å². The zero-order valence-electron chi connectivity index (χ0n) is 20.4. The molecule has 188 valence electrons. The highest BCUT2D eigenvalue weighted by Crippen LogP contribution is 2.32. The maximum Gasteiger partial charge on any atom is 0.242 e. The van der Waals surface area contributed by atoms with Crippen LogP contribution in [0.15, 0.2) is 78.9 Å². The van der Waals surface area contributed by atoms with Crippen molar-refractivity contribution >= 4 is 29.1 Å². The SMILES string of the molecule is O=C(CN(CC(=O)N1CCCCCC1)c1ccccc1Oc1ccccc1)NCc1cccc(Cl)c1. The van der Waals surface area contributed by atoms with Gasteiger partial charge in [0.1, 0.15) is 5.75 Å². The van der Waals surface area contributed by atoms with Crippen LogP contribution in [0.1, 0.15) is 31.2 Å². The first kappa shape index (κ1) is 25.6. The van der Waals surface area contributed by atoms with Crippen LogP contribution in [-0.4, -0.2) is 42.9 Å². The van der Waals surface area contributed by atoms with E-state index >= 15 is 0 Å². The minimum Gasteiger partial charge on any atom is -0.455 e. The highest BCUT2D eigenvalue weighted by molar-refractivity contribution is 6.30. The van der Waals surface area contributed by atoms with Crippen molar-refractivity contribution in [3.63, 3.8) is 0 Å². The minimum absolute atomic E-state index is 0.0223. The third-order valence-electron chi connectivity index (χ3n) is 6.18. The number of hydrogen-bond donors (Lipinski definition) is 1. The fourth-order valence-electron chi connectivity index (χ4n) is 4.31. The van der Waals surface area contributed by atoms with E-state index in [9.17, 15) is 9.59 Å². The Hall–Kier alpha value is -3.51. The van der Waals surface area contributed by atoms with Crippen molar-refractivity contribution in [2.75, 3.05) is 31.1 Å². The van der Waals surface area contributed by atoms with Crippen molar-refractivity contribution in [1.29, 1.82) is 0 Å². The summed E-state index contributed by atoms with van der Waals surface area (Å²) < 4.78 is 6.15. The Morgan fingerprint density at radius 2 is 1.58 bits per heavy atom. The third-order valence-corrected chi connectivity index (χ3v) is 6.41. The van der Waals surface area contributed by atoms with Gasteiger partial charge in [-0.2, -0.15) is 0 Å². The van der Waals surface area contributed by atoms with Crippen molar-refractivity contribution in [2.45, 2.75) is 32.2 Å². The molecule has 0 aromatic heterocycles. The topological polar surface area (TPSA) is 61.9 Å². The zero-order valence-corrected chi connectivity index (χ0v) is 21.1. The van der Waals surface area contributed by atoms with Crippen molar-refractivity contribution in [3.05, 3.63) is 89.4 Å². The van der Waals surface area contributed by atoms with Crippen LogP contribution in [0, 0.1) is 0 Å². The van der Waals surface area contributed by atoms with E-state index in [0.717, 1.165) is 44.3 Å². The second-order valence-corrected chi connectivity index (χ2v) is 9.38. The quantitative estimate of drug-likeness (QED) is 0.407. The van der Waals surface area contributed by atoms with E-state index in [-0.39, 0.29) is 24.9 Å². The van der Waals surface area contributed by atoms with Crippen LogP contribution in [0.4, 0.5) is 5.69 Å². The molecule has 7 heteroatoms. The van der Waals surface area contributed by atoms with Gasteiger partial charge in [-0.25, -0.2) is 0 Å². The summed E-state index contributed by atoms with van der Waals surface area (Å²) in [4.78, 5) is 30.0. The van der Waals surface area contributed by atoms with Crippen LogP contribution in [0.25, 0.3) is 0 Å². The van der Waals surface area contributed by atoms with Gasteiger partial charge in [0.25, 0.3) is 0 Å². The smallest absolute Gasteiger partial charge is 0.242 e. The number of ether oxygens (including phenoxy) is 1. The number of halogens is 1. The molecule has 0 spiro atoms. The zero-order chi connectivity index (χ0) is 25.2. The lowest BCUT2D eigenvalue weighted by Gasteiger charge is -2.29. The van der Waals surface area contributed by atoms with Gasteiger partial charge in [0, 0.05) is 24.7 Å². The number of carbonyl (C=O) groups excluding carboxylic acids is 2. The van der Waals surface area contributed by atoms with E-state index in [1.807, 2.05) is 77.7 Å². The molecule has 1 saturated heterocycles. The van der Waals surface area contributed by atoms with E-state index in [0.29, 0.717) is 28.8 Å². The third kappa shape index (κ3) is 7.49. The maximum absolute atomic E-state index is 13.3. The van der Waals surface area contributed by atoms with Crippen molar-refractivity contribution in [3.8, 4) is 11.5 Å². The molecule has 1 fully saturated rings. The predicted molar refractivity (Wildman–Crippen MR) is 144 cm³/mol. The van der Waals surface area contributed by atoms with E-state index < -0.39 is 0 Å². The Morgan fingerprint density at radius 3 is 2.33 bits per heavy atom. The van der Waals surface area contributed by atoms with Crippen LogP contribution >= 0.6 is 11.6 Å². The van der Waals surface area contributed by atoms with Gasteiger partial charge in [-0.15, -0.1) is 0 Å². The van der Waals surface area contributed by atoms with Gasteiger partial charge in [0.15, 0.2) is 5.75 Å². The van der Waals surface area contributed by atoms with Gasteiger partial charge in [0.2, 0.25) is 11.8 Å². The molecule has 0 saturated carbocycles. The van der Waals surface area contributed by atoms with Crippen LogP contribution in [0.5, 0.6) is 11.5 Å². The first-order valence-corrected chi connectivity index (χ1v) is 12.8. The Labute approximate surface area is 217 Å². The first-order chi connectivity index (χ1) is 17.6. The monoisotopic (exact) mass is 505 g/mol. The molecular weight excluding hydrogens is 474 g/mol. The highest BCUT2D eigenvalue weighted by Gasteiger charge is 2.23. The van der Waals surface area contributed by atoms with Gasteiger partial charge in [-0.3, -0.25) is 9.59 Å². The number of hydrogen-bond acceptors (Lipinski definition) is 4. The summed E-state index contributed by atoms with van der Waals surface area (Å²) in [5.41, 5.74) is 1.61. The summed E-state index contributed by atoms with van der Waals surface area (Å²) in [5, 5.41) is 3.58. The van der Waals surface area contributed by atoms with E-state index in [1.54, 1.807) is 11.0 Å². The number of anilines is 1. The first-order valence-electron chi connectivity index (χ1n) is 12.4. The summed E-state index contributed by atoms with van der Waals surface area (Å²) in [6, 6.07) is 24.4. The number of benzene rings is 3. The average molecular weight is 506 g/mol. The lowest BCUT2D eigenvalue weighted by Crippen LogP contribution is -2.44. The summed E-state index contributed by atoms with van der Waals surface area (Å²) in [7, 11) is 0. The molecule has 1 heterocycles. The normalized spacial score (nSPS) is 13.5. The van der Waals surface area contributed by atoms with Gasteiger partial charge < -0.3 is 19.9 Å². The molecule has 0 unspecified atom stereocenters. The van der Waals surface area contributed by atoms with Crippen LogP contribution in [-0.2, 0) is 16.1 Å². The molecule has 3 aromatic rings. The number of amides is 2. The summed E-state index contributed by atoms with van der Waals surface area (Å²) in [6.07, 6.45) is 4.32. The number of nitrogens with one attached hydrogen (secondary N) is 1. The lowest BCUT2D eigenvalue weighted by molar-refractivity contribution is -0.129. The van der Waals surface area contributed by atoms with Gasteiger partial charge in [0.05, 0.1) is 18.8 Å². The molecule has 1 aliphatic rings. The van der Waals surface area contributed by atoms with Gasteiger partial charge in [-0.1, -0.05) is 66.9 Å². The van der Waals surface area contributed by atoms with Gasteiger partial charge >= 0.3 is 0 Å². The molecule has 0 atom stereocenters. The Bertz CT molecular complexity index is 1150. The Balaban J connectivity index is 1.52. The Morgan fingerprint density at radius 1 is 0.861 bits per heavy atom. The second-order valence-electron chi connectivity index (χ2n) is 8.94. The number of carbonyl (C=O) groups is 2. The molecular formula is C29H32ClN3O3. The molecule has 1 aliphatic heterocycles. The van der Waals surface area contributed by atoms with Gasteiger partial charge in [-0.05, 0) is 54.8 Å². The fraction of sp³-hybridized carbons (Fsp3) is 0.310. The Kier molecular flexibility index (Phi) is 9.22. The minimum atomic E-state index is -0.187. The lowest BCUT2D eigenvalue weighted by atomic mass is 10.2. The molecule has 4 rings (SSSR count). The molecule has 36 heavy (non-hydrogen) atoms. The number of likely N-dealkylation sites (tertiary alicyclic amines) is 1.